The van der Waals surface area contributed by atoms with E-state index in [1.54, 1.807) is 6.20 Å². The number of rotatable bonds is 4. The van der Waals surface area contributed by atoms with E-state index in [0.29, 0.717) is 6.04 Å². The highest BCUT2D eigenvalue weighted by Gasteiger charge is 2.04. The van der Waals surface area contributed by atoms with Gasteiger partial charge in [-0.25, -0.2) is 9.97 Å². The lowest BCUT2D eigenvalue weighted by atomic mass is 10.1. The minimum atomic E-state index is 0.456. The molecule has 0 saturated heterocycles. The highest BCUT2D eigenvalue weighted by molar-refractivity contribution is 5.82. The Labute approximate surface area is 124 Å². The van der Waals surface area contributed by atoms with E-state index in [1.165, 1.54) is 0 Å². The quantitative estimate of drug-likeness (QED) is 0.796. The molecule has 3 rings (SSSR count). The van der Waals surface area contributed by atoms with E-state index in [0.717, 1.165) is 34.4 Å². The zero-order valence-corrected chi connectivity index (χ0v) is 12.2. The number of nitrogens with zero attached hydrogens (tertiary/aromatic N) is 3. The van der Waals surface area contributed by atoms with E-state index in [4.69, 9.17) is 0 Å². The van der Waals surface area contributed by atoms with Crippen molar-refractivity contribution in [3.8, 4) is 11.4 Å². The number of hydrogen-bond donors (Lipinski definition) is 1. The molecule has 0 aliphatic rings. The molecule has 2 aromatic heterocycles. The van der Waals surface area contributed by atoms with E-state index in [-0.39, 0.29) is 0 Å². The second-order valence-corrected chi connectivity index (χ2v) is 5.36. The molecular weight excluding hydrogens is 260 g/mol. The fourth-order valence-electron chi connectivity index (χ4n) is 2.13. The van der Waals surface area contributed by atoms with Crippen LogP contribution in [0.15, 0.2) is 48.9 Å². The first-order valence-electron chi connectivity index (χ1n) is 7.12. The summed E-state index contributed by atoms with van der Waals surface area (Å²) in [5, 5.41) is 4.46. The molecule has 3 aromatic rings. The van der Waals surface area contributed by atoms with E-state index >= 15 is 0 Å². The third-order valence-electron chi connectivity index (χ3n) is 3.28. The molecule has 106 valence electrons. The molecule has 0 aliphatic heterocycles. The van der Waals surface area contributed by atoms with Gasteiger partial charge in [-0.05, 0) is 24.3 Å². The smallest absolute Gasteiger partial charge is 0.159 e. The summed E-state index contributed by atoms with van der Waals surface area (Å²) < 4.78 is 0. The van der Waals surface area contributed by atoms with E-state index < -0.39 is 0 Å². The van der Waals surface area contributed by atoms with Crippen LogP contribution in [0.5, 0.6) is 0 Å². The van der Waals surface area contributed by atoms with Crippen LogP contribution in [0.3, 0.4) is 0 Å². The van der Waals surface area contributed by atoms with Crippen LogP contribution in [-0.2, 0) is 6.54 Å². The van der Waals surface area contributed by atoms with Crippen molar-refractivity contribution in [1.29, 1.82) is 0 Å². The monoisotopic (exact) mass is 278 g/mol. The summed E-state index contributed by atoms with van der Waals surface area (Å²) in [6, 6.07) is 10.5. The summed E-state index contributed by atoms with van der Waals surface area (Å²) in [6.45, 7) is 5.04. The number of hydrogen-bond acceptors (Lipinski definition) is 4. The van der Waals surface area contributed by atoms with Crippen LogP contribution < -0.4 is 5.32 Å². The molecule has 0 spiro atoms. The van der Waals surface area contributed by atoms with Crippen LogP contribution in [-0.4, -0.2) is 21.0 Å². The maximum atomic E-state index is 4.46. The van der Waals surface area contributed by atoms with Crippen molar-refractivity contribution >= 4 is 10.9 Å². The number of benzene rings is 1. The maximum absolute atomic E-state index is 4.46. The lowest BCUT2D eigenvalue weighted by molar-refractivity contribution is 0.587. The first kappa shape index (κ1) is 13.6. The Morgan fingerprint density at radius 2 is 1.86 bits per heavy atom. The summed E-state index contributed by atoms with van der Waals surface area (Å²) in [4.78, 5) is 13.2. The molecule has 4 heteroatoms. The maximum Gasteiger partial charge on any atom is 0.159 e. The van der Waals surface area contributed by atoms with Gasteiger partial charge in [-0.1, -0.05) is 19.9 Å². The summed E-state index contributed by atoms with van der Waals surface area (Å²) in [6.07, 6.45) is 5.56. The highest BCUT2D eigenvalue weighted by Crippen LogP contribution is 2.20. The third kappa shape index (κ3) is 3.23. The minimum absolute atomic E-state index is 0.456. The summed E-state index contributed by atoms with van der Waals surface area (Å²) in [7, 11) is 0. The molecule has 21 heavy (non-hydrogen) atoms. The topological polar surface area (TPSA) is 50.7 Å². The van der Waals surface area contributed by atoms with Gasteiger partial charge in [0.1, 0.15) is 0 Å². The average molecular weight is 278 g/mol. The fourth-order valence-corrected chi connectivity index (χ4v) is 2.13. The van der Waals surface area contributed by atoms with Gasteiger partial charge in [-0.3, -0.25) is 4.98 Å². The summed E-state index contributed by atoms with van der Waals surface area (Å²) in [5.74, 6) is 0.744. The Morgan fingerprint density at radius 3 is 2.62 bits per heavy atom. The van der Waals surface area contributed by atoms with Crippen LogP contribution in [0.25, 0.3) is 22.3 Å². The van der Waals surface area contributed by atoms with Crippen molar-refractivity contribution in [2.75, 3.05) is 0 Å². The predicted octanol–water partition coefficient (Wildman–Crippen LogP) is 3.19. The van der Waals surface area contributed by atoms with Crippen LogP contribution >= 0.6 is 0 Å². The Balaban J connectivity index is 1.85. The largest absolute Gasteiger partial charge is 0.310 e. The highest BCUT2D eigenvalue weighted by atomic mass is 14.9. The van der Waals surface area contributed by atoms with Gasteiger partial charge in [-0.2, -0.15) is 0 Å². The Morgan fingerprint density at radius 1 is 1.05 bits per heavy atom. The van der Waals surface area contributed by atoms with Crippen molar-refractivity contribution in [1.82, 2.24) is 20.3 Å². The molecule has 4 nitrogen and oxygen atoms in total. The van der Waals surface area contributed by atoms with Gasteiger partial charge in [-0.15, -0.1) is 0 Å². The van der Waals surface area contributed by atoms with Gasteiger partial charge in [0, 0.05) is 47.7 Å². The SMILES string of the molecule is CC(C)NCc1cnc(-c2ccc3ncccc3c2)nc1. The average Bonchev–Trinajstić information content (AvgIpc) is 2.53. The van der Waals surface area contributed by atoms with Crippen molar-refractivity contribution in [3.63, 3.8) is 0 Å². The first-order chi connectivity index (χ1) is 10.2. The van der Waals surface area contributed by atoms with Crippen molar-refractivity contribution in [2.24, 2.45) is 0 Å². The molecule has 1 aromatic carbocycles. The Kier molecular flexibility index (Phi) is 3.88. The Hall–Kier alpha value is -2.33. The molecule has 0 atom stereocenters. The van der Waals surface area contributed by atoms with Gasteiger partial charge in [0.05, 0.1) is 5.52 Å². The van der Waals surface area contributed by atoms with E-state index in [2.05, 4.69) is 40.2 Å². The lowest BCUT2D eigenvalue weighted by Crippen LogP contribution is -2.21. The van der Waals surface area contributed by atoms with Gasteiger partial charge in [0.2, 0.25) is 0 Å². The summed E-state index contributed by atoms with van der Waals surface area (Å²) in [5.41, 5.74) is 3.09. The molecule has 0 aliphatic carbocycles. The normalized spacial score (nSPS) is 11.2. The van der Waals surface area contributed by atoms with Crippen LogP contribution in [0.2, 0.25) is 0 Å². The molecular formula is C17H18N4. The second-order valence-electron chi connectivity index (χ2n) is 5.36. The number of nitrogens with one attached hydrogen (secondary N) is 1. The van der Waals surface area contributed by atoms with Gasteiger partial charge in [0.25, 0.3) is 0 Å². The molecule has 2 heterocycles. The van der Waals surface area contributed by atoms with Crippen LogP contribution in [0, 0.1) is 0 Å². The summed E-state index contributed by atoms with van der Waals surface area (Å²) >= 11 is 0. The molecule has 0 radical (unpaired) electrons. The lowest BCUT2D eigenvalue weighted by Gasteiger charge is -2.08. The molecule has 0 saturated carbocycles. The standard InChI is InChI=1S/C17H18N4/c1-12(2)19-9-13-10-20-17(21-11-13)15-5-6-16-14(8-15)4-3-7-18-16/h3-8,10-12,19H,9H2,1-2H3. The number of fused-ring (bicyclic) bond motifs is 1. The number of pyridine rings is 1. The second kappa shape index (κ2) is 5.97. The molecule has 1 N–H and O–H groups in total. The minimum Gasteiger partial charge on any atom is -0.310 e. The van der Waals surface area contributed by atoms with Crippen molar-refractivity contribution in [3.05, 3.63) is 54.5 Å². The fraction of sp³-hybridized carbons (Fsp3) is 0.235. The molecule has 0 unspecified atom stereocenters. The van der Waals surface area contributed by atoms with Gasteiger partial charge in [0.15, 0.2) is 5.82 Å². The molecule has 0 fully saturated rings. The van der Waals surface area contributed by atoms with E-state index in [1.807, 2.05) is 36.7 Å². The Bertz CT molecular complexity index is 735. The van der Waals surface area contributed by atoms with Gasteiger partial charge >= 0.3 is 0 Å². The van der Waals surface area contributed by atoms with Crippen LogP contribution in [0.4, 0.5) is 0 Å². The van der Waals surface area contributed by atoms with E-state index in [9.17, 15) is 0 Å². The zero-order valence-electron chi connectivity index (χ0n) is 12.2. The third-order valence-corrected chi connectivity index (χ3v) is 3.28. The number of aromatic nitrogens is 3. The van der Waals surface area contributed by atoms with Crippen LogP contribution in [0.1, 0.15) is 19.4 Å². The van der Waals surface area contributed by atoms with Crippen molar-refractivity contribution in [2.45, 2.75) is 26.4 Å². The predicted molar refractivity (Wildman–Crippen MR) is 84.7 cm³/mol. The molecule has 0 bridgehead atoms. The first-order valence-corrected chi connectivity index (χ1v) is 7.12. The molecule has 0 amide bonds. The van der Waals surface area contributed by atoms with Crippen molar-refractivity contribution < 1.29 is 0 Å². The van der Waals surface area contributed by atoms with Gasteiger partial charge < -0.3 is 5.32 Å². The zero-order chi connectivity index (χ0) is 14.7.